The summed E-state index contributed by atoms with van der Waals surface area (Å²) >= 11 is 0. The molecule has 12 atom stereocenters. The molecule has 0 radical (unpaired) electrons. The molecule has 3 N–H and O–H groups in total. The third-order valence-corrected chi connectivity index (χ3v) is 12.2. The quantitative estimate of drug-likeness (QED) is 0.503. The molecule has 7 fully saturated rings. The van der Waals surface area contributed by atoms with Gasteiger partial charge >= 0.3 is 0 Å². The van der Waals surface area contributed by atoms with Crippen molar-refractivity contribution in [3.8, 4) is 0 Å². The highest BCUT2D eigenvalue weighted by Gasteiger charge is 2.61. The minimum absolute atomic E-state index is 0.0260. The monoisotopic (exact) mass is 555 g/mol. The van der Waals surface area contributed by atoms with Crippen molar-refractivity contribution in [2.75, 3.05) is 32.7 Å². The van der Waals surface area contributed by atoms with Gasteiger partial charge in [0, 0.05) is 50.4 Å². The van der Waals surface area contributed by atoms with E-state index >= 15 is 4.39 Å². The SMILES string of the molecule is NC1CCN(C(=O)C2=CN3C4CC5CCCCC5CC4OC4C(N5CC6CCCNC6C5)C(F)CC(C2=O)C43)C1. The summed E-state index contributed by atoms with van der Waals surface area (Å²) in [5.74, 6) is 0.984. The maximum absolute atomic E-state index is 16.4. The van der Waals surface area contributed by atoms with Crippen molar-refractivity contribution in [3.05, 3.63) is 11.8 Å². The molecular weight excluding hydrogens is 509 g/mol. The highest BCUT2D eigenvalue weighted by Crippen LogP contribution is 2.51. The first-order chi connectivity index (χ1) is 19.5. The number of ether oxygens (including phenoxy) is 1. The summed E-state index contributed by atoms with van der Waals surface area (Å²) in [6, 6.07) is 0.00121. The predicted molar refractivity (Wildman–Crippen MR) is 148 cm³/mol. The van der Waals surface area contributed by atoms with Crippen molar-refractivity contribution >= 4 is 11.7 Å². The first-order valence-corrected chi connectivity index (χ1v) is 16.3. The fourth-order valence-electron chi connectivity index (χ4n) is 10.3. The molecule has 3 aliphatic carbocycles. The second kappa shape index (κ2) is 10.0. The third-order valence-electron chi connectivity index (χ3n) is 12.2. The highest BCUT2D eigenvalue weighted by atomic mass is 19.1. The Hall–Kier alpha value is -1.55. The van der Waals surface area contributed by atoms with Gasteiger partial charge in [0.25, 0.3) is 5.91 Å². The molecule has 5 aliphatic heterocycles. The van der Waals surface area contributed by atoms with Crippen molar-refractivity contribution in [1.29, 1.82) is 0 Å². The number of halogens is 1. The van der Waals surface area contributed by atoms with E-state index in [4.69, 9.17) is 10.5 Å². The van der Waals surface area contributed by atoms with Crippen LogP contribution in [0.4, 0.5) is 4.39 Å². The molecule has 9 heteroatoms. The topological polar surface area (TPSA) is 91.1 Å². The van der Waals surface area contributed by atoms with Crippen LogP contribution in [0.2, 0.25) is 0 Å². The molecule has 0 spiro atoms. The number of nitrogens with two attached hydrogens (primary N) is 1. The van der Waals surface area contributed by atoms with Crippen molar-refractivity contribution in [1.82, 2.24) is 20.0 Å². The van der Waals surface area contributed by atoms with Crippen LogP contribution in [-0.2, 0) is 14.3 Å². The summed E-state index contributed by atoms with van der Waals surface area (Å²) < 4.78 is 23.5. The Morgan fingerprint density at radius 3 is 2.55 bits per heavy atom. The Bertz CT molecular complexity index is 1060. The zero-order chi connectivity index (χ0) is 27.1. The normalized spacial score (nSPS) is 48.6. The second-order valence-electron chi connectivity index (χ2n) is 14.4. The number of carbonyl (C=O) groups excluding carboxylic acids is 2. The summed E-state index contributed by atoms with van der Waals surface area (Å²) in [7, 11) is 0. The number of carbonyl (C=O) groups is 2. The lowest BCUT2D eigenvalue weighted by Gasteiger charge is -2.61. The smallest absolute Gasteiger partial charge is 0.259 e. The Morgan fingerprint density at radius 2 is 1.77 bits per heavy atom. The second-order valence-corrected chi connectivity index (χ2v) is 14.4. The average Bonchev–Trinajstić information content (AvgIpc) is 3.59. The molecular formula is C31H46FN5O3. The lowest BCUT2D eigenvalue weighted by molar-refractivity contribution is -0.220. The third kappa shape index (κ3) is 4.12. The Labute approximate surface area is 237 Å². The number of hydrogen-bond acceptors (Lipinski definition) is 7. The maximum Gasteiger partial charge on any atom is 0.259 e. The van der Waals surface area contributed by atoms with Gasteiger partial charge in [-0.1, -0.05) is 25.7 Å². The number of piperidine rings is 1. The van der Waals surface area contributed by atoms with Crippen molar-refractivity contribution in [2.45, 2.75) is 113 Å². The lowest BCUT2D eigenvalue weighted by atomic mass is 9.64. The summed E-state index contributed by atoms with van der Waals surface area (Å²) in [5.41, 5.74) is 6.37. The van der Waals surface area contributed by atoms with E-state index in [0.29, 0.717) is 36.9 Å². The molecule has 4 saturated heterocycles. The van der Waals surface area contributed by atoms with Gasteiger partial charge in [0.05, 0.1) is 35.9 Å². The van der Waals surface area contributed by atoms with Crippen molar-refractivity contribution in [2.24, 2.45) is 29.4 Å². The molecule has 12 unspecified atom stereocenters. The number of rotatable bonds is 2. The van der Waals surface area contributed by atoms with E-state index in [0.717, 1.165) is 38.9 Å². The number of fused-ring (bicyclic) bond motifs is 4. The molecule has 8 aliphatic rings. The van der Waals surface area contributed by atoms with E-state index < -0.39 is 12.1 Å². The van der Waals surface area contributed by atoms with Crippen LogP contribution >= 0.6 is 0 Å². The van der Waals surface area contributed by atoms with E-state index in [1.165, 1.54) is 38.5 Å². The zero-order valence-electron chi connectivity index (χ0n) is 23.6. The molecule has 220 valence electrons. The number of likely N-dealkylation sites (tertiary alicyclic amines) is 2. The Morgan fingerprint density at radius 1 is 0.975 bits per heavy atom. The van der Waals surface area contributed by atoms with Crippen LogP contribution in [0.15, 0.2) is 11.8 Å². The van der Waals surface area contributed by atoms with Gasteiger partial charge in [0.15, 0.2) is 5.78 Å². The van der Waals surface area contributed by atoms with Gasteiger partial charge in [-0.2, -0.15) is 0 Å². The Kier molecular flexibility index (Phi) is 6.54. The molecule has 40 heavy (non-hydrogen) atoms. The van der Waals surface area contributed by atoms with E-state index in [2.05, 4.69) is 15.1 Å². The van der Waals surface area contributed by atoms with Crippen LogP contribution in [0.25, 0.3) is 0 Å². The summed E-state index contributed by atoms with van der Waals surface area (Å²) in [4.78, 5) is 34.2. The molecule has 0 bridgehead atoms. The van der Waals surface area contributed by atoms with Crippen LogP contribution < -0.4 is 11.1 Å². The van der Waals surface area contributed by atoms with E-state index in [1.54, 1.807) is 4.90 Å². The fourth-order valence-corrected chi connectivity index (χ4v) is 10.3. The van der Waals surface area contributed by atoms with Crippen LogP contribution in [0, 0.1) is 23.7 Å². The summed E-state index contributed by atoms with van der Waals surface area (Å²) in [5, 5.41) is 3.68. The van der Waals surface area contributed by atoms with Crippen LogP contribution in [0.3, 0.4) is 0 Å². The van der Waals surface area contributed by atoms with Gasteiger partial charge in [-0.3, -0.25) is 14.5 Å². The Balaban J connectivity index is 1.15. The number of amides is 1. The lowest BCUT2D eigenvalue weighted by Crippen LogP contribution is -2.73. The molecule has 8 rings (SSSR count). The van der Waals surface area contributed by atoms with E-state index in [-0.39, 0.29) is 60.1 Å². The maximum atomic E-state index is 16.4. The van der Waals surface area contributed by atoms with Gasteiger partial charge < -0.3 is 25.6 Å². The van der Waals surface area contributed by atoms with E-state index in [9.17, 15) is 9.59 Å². The summed E-state index contributed by atoms with van der Waals surface area (Å²) in [6.45, 7) is 3.87. The first kappa shape index (κ1) is 26.1. The molecule has 3 saturated carbocycles. The number of nitrogens with zero attached hydrogens (tertiary/aromatic N) is 3. The van der Waals surface area contributed by atoms with Crippen LogP contribution in [-0.4, -0.2) is 108 Å². The number of morpholine rings is 1. The highest BCUT2D eigenvalue weighted by molar-refractivity contribution is 6.20. The van der Waals surface area contributed by atoms with Gasteiger partial charge in [-0.15, -0.1) is 0 Å². The molecule has 1 amide bonds. The number of nitrogens with one attached hydrogen (secondary N) is 1. The van der Waals surface area contributed by atoms with Crippen LogP contribution in [0.5, 0.6) is 0 Å². The number of alkyl halides is 1. The van der Waals surface area contributed by atoms with E-state index in [1.807, 2.05) is 6.20 Å². The van der Waals surface area contributed by atoms with Crippen molar-refractivity contribution < 1.29 is 18.7 Å². The van der Waals surface area contributed by atoms with Gasteiger partial charge in [-0.25, -0.2) is 4.39 Å². The zero-order valence-corrected chi connectivity index (χ0v) is 23.6. The number of Topliss-reactive ketones (excluding diaryl/α,β-unsaturated/α-hetero) is 1. The number of ketones is 1. The molecule has 0 aromatic carbocycles. The summed E-state index contributed by atoms with van der Waals surface area (Å²) in [6.07, 6.45) is 10.9. The molecule has 5 heterocycles. The molecule has 8 nitrogen and oxygen atoms in total. The predicted octanol–water partition coefficient (Wildman–Crippen LogP) is 1.83. The van der Waals surface area contributed by atoms with Crippen LogP contribution in [0.1, 0.15) is 64.2 Å². The average molecular weight is 556 g/mol. The fraction of sp³-hybridized carbons (Fsp3) is 0.871. The molecule has 0 aromatic heterocycles. The number of hydrogen-bond donors (Lipinski definition) is 2. The first-order valence-electron chi connectivity index (χ1n) is 16.3. The van der Waals surface area contributed by atoms with Gasteiger partial charge in [-0.05, 0) is 62.8 Å². The standard InChI is InChI=1S/C31H46FN5O3/c32-23-12-21-27-30(28(23)36-13-19-6-3-8-34-24(19)16-36)40-26-11-18-5-2-1-4-17(18)10-25(26)37(27)15-22(29(21)38)31(39)35-9-7-20(33)14-35/h15,17-21,23-28,30,34H,1-14,16,33H2. The van der Waals surface area contributed by atoms with Gasteiger partial charge in [0.2, 0.25) is 0 Å². The molecule has 0 aromatic rings. The minimum Gasteiger partial charge on any atom is -0.369 e. The minimum atomic E-state index is -1.14. The largest absolute Gasteiger partial charge is 0.369 e. The van der Waals surface area contributed by atoms with Crippen molar-refractivity contribution in [3.63, 3.8) is 0 Å². The van der Waals surface area contributed by atoms with Gasteiger partial charge in [0.1, 0.15) is 6.17 Å².